The minimum Gasteiger partial charge on any atom is -0.349 e. The maximum absolute atomic E-state index is 3.77. The Labute approximate surface area is 78.5 Å². The van der Waals surface area contributed by atoms with Gasteiger partial charge in [0.05, 0.1) is 12.7 Å². The average molecular weight is 180 g/mol. The molecule has 4 heteroatoms. The molecule has 0 spiro atoms. The largest absolute Gasteiger partial charge is 0.349 e. The van der Waals surface area contributed by atoms with E-state index in [1.165, 1.54) is 0 Å². The van der Waals surface area contributed by atoms with Gasteiger partial charge in [0.25, 0.3) is 0 Å². The lowest BCUT2D eigenvalue weighted by molar-refractivity contribution is 1.25. The molecular weight excluding hydrogens is 164 g/mol. The van der Waals surface area contributed by atoms with Gasteiger partial charge in [-0.05, 0) is 13.8 Å². The Balaban J connectivity index is 0.000000206. The van der Waals surface area contributed by atoms with E-state index in [4.69, 9.17) is 0 Å². The number of hydrogen-bond acceptors (Lipinski definition) is 2. The molecule has 13 heavy (non-hydrogen) atoms. The molecule has 0 amide bonds. The smallest absolute Gasteiger partial charge is 0.0921 e. The predicted octanol–water partition coefficient (Wildman–Crippen LogP) is 2.07. The Morgan fingerprint density at radius 3 is 1.38 bits per heavy atom. The molecule has 2 aromatic rings. The summed E-state index contributed by atoms with van der Waals surface area (Å²) in [6, 6.07) is 0. The van der Waals surface area contributed by atoms with E-state index in [1.807, 2.05) is 13.8 Å². The molecular formula is C9H16N4. The fourth-order valence-electron chi connectivity index (χ4n) is 0.651. The summed E-state index contributed by atoms with van der Waals surface area (Å²) in [5.41, 5.74) is 2.21. The van der Waals surface area contributed by atoms with Crippen molar-refractivity contribution in [3.63, 3.8) is 0 Å². The molecule has 72 valence electrons. The number of aryl methyl sites for hydroxylation is 2. The number of hydrogen-bond donors (Lipinski definition) is 2. The first-order chi connectivity index (χ1) is 5.79. The van der Waals surface area contributed by atoms with Gasteiger partial charge in [-0.3, -0.25) is 0 Å². The summed E-state index contributed by atoms with van der Waals surface area (Å²) in [6.07, 6.45) is 6.88. The molecule has 2 N–H and O–H groups in total. The Kier molecular flexibility index (Phi) is 5.27. The zero-order chi connectivity index (χ0) is 8.81. The van der Waals surface area contributed by atoms with Crippen LogP contribution < -0.4 is 0 Å². The van der Waals surface area contributed by atoms with Crippen LogP contribution >= 0.6 is 0 Å². The van der Waals surface area contributed by atoms with Gasteiger partial charge >= 0.3 is 0 Å². The maximum Gasteiger partial charge on any atom is 0.0921 e. The maximum atomic E-state index is 3.77. The quantitative estimate of drug-likeness (QED) is 0.652. The van der Waals surface area contributed by atoms with Crippen molar-refractivity contribution < 1.29 is 0 Å². The van der Waals surface area contributed by atoms with E-state index in [1.54, 1.807) is 25.0 Å². The fraction of sp³-hybridized carbons (Fsp3) is 0.333. The topological polar surface area (TPSA) is 57.4 Å². The summed E-state index contributed by atoms with van der Waals surface area (Å²) in [7, 11) is 0. The Hall–Kier alpha value is -1.58. The lowest BCUT2D eigenvalue weighted by Crippen LogP contribution is -1.59. The molecule has 0 aliphatic heterocycles. The van der Waals surface area contributed by atoms with E-state index < -0.39 is 0 Å². The SMILES string of the molecule is C.Cc1cnc[nH]1.Cc1cnc[nH]1. The summed E-state index contributed by atoms with van der Waals surface area (Å²) in [4.78, 5) is 13.3. The van der Waals surface area contributed by atoms with Crippen LogP contribution in [0.4, 0.5) is 0 Å². The minimum absolute atomic E-state index is 0. The second-order valence-corrected chi connectivity index (χ2v) is 2.47. The minimum atomic E-state index is 0. The van der Waals surface area contributed by atoms with Gasteiger partial charge in [0.2, 0.25) is 0 Å². The van der Waals surface area contributed by atoms with Crippen LogP contribution in [0.1, 0.15) is 18.8 Å². The molecule has 0 fully saturated rings. The number of rotatable bonds is 0. The highest BCUT2D eigenvalue weighted by Gasteiger charge is 1.74. The predicted molar refractivity (Wildman–Crippen MR) is 53.4 cm³/mol. The van der Waals surface area contributed by atoms with Gasteiger partial charge in [-0.15, -0.1) is 0 Å². The molecule has 0 atom stereocenters. The average Bonchev–Trinajstić information content (AvgIpc) is 2.63. The van der Waals surface area contributed by atoms with Crippen LogP contribution in [-0.2, 0) is 0 Å². The number of imidazole rings is 2. The second-order valence-electron chi connectivity index (χ2n) is 2.47. The van der Waals surface area contributed by atoms with Crippen molar-refractivity contribution in [1.29, 1.82) is 0 Å². The van der Waals surface area contributed by atoms with Gasteiger partial charge in [0.1, 0.15) is 0 Å². The molecule has 0 bridgehead atoms. The summed E-state index contributed by atoms with van der Waals surface area (Å²) in [6.45, 7) is 3.93. The van der Waals surface area contributed by atoms with Crippen LogP contribution in [0.3, 0.4) is 0 Å². The van der Waals surface area contributed by atoms with Crippen LogP contribution in [0.2, 0.25) is 0 Å². The molecule has 2 aromatic heterocycles. The third-order valence-electron chi connectivity index (χ3n) is 1.27. The first-order valence-corrected chi connectivity index (χ1v) is 3.69. The van der Waals surface area contributed by atoms with Crippen molar-refractivity contribution in [3.05, 3.63) is 36.4 Å². The molecule has 0 saturated heterocycles. The van der Waals surface area contributed by atoms with Gasteiger partial charge in [-0.25, -0.2) is 9.97 Å². The van der Waals surface area contributed by atoms with E-state index in [9.17, 15) is 0 Å². The molecule has 0 unspecified atom stereocenters. The van der Waals surface area contributed by atoms with Crippen molar-refractivity contribution in [3.8, 4) is 0 Å². The number of aromatic nitrogens is 4. The van der Waals surface area contributed by atoms with Gasteiger partial charge in [0, 0.05) is 23.8 Å². The standard InChI is InChI=1S/2C4H6N2.CH4/c2*1-4-2-5-3-6-4;/h2*2-3H,1H3,(H,5,6);1H4. The molecule has 2 rings (SSSR count). The van der Waals surface area contributed by atoms with Crippen LogP contribution in [-0.4, -0.2) is 19.9 Å². The van der Waals surface area contributed by atoms with E-state index in [-0.39, 0.29) is 7.43 Å². The lowest BCUT2D eigenvalue weighted by atomic mass is 10.6. The molecule has 2 heterocycles. The Morgan fingerprint density at radius 2 is 1.31 bits per heavy atom. The number of nitrogens with one attached hydrogen (secondary N) is 2. The molecule has 0 radical (unpaired) electrons. The monoisotopic (exact) mass is 180 g/mol. The van der Waals surface area contributed by atoms with Crippen LogP contribution in [0.25, 0.3) is 0 Å². The first-order valence-electron chi connectivity index (χ1n) is 3.69. The third kappa shape index (κ3) is 4.79. The van der Waals surface area contributed by atoms with E-state index >= 15 is 0 Å². The normalized spacial score (nSPS) is 8.15. The van der Waals surface area contributed by atoms with Gasteiger partial charge in [-0.1, -0.05) is 7.43 Å². The van der Waals surface area contributed by atoms with Gasteiger partial charge in [0.15, 0.2) is 0 Å². The van der Waals surface area contributed by atoms with Gasteiger partial charge < -0.3 is 9.97 Å². The van der Waals surface area contributed by atoms with Gasteiger partial charge in [-0.2, -0.15) is 0 Å². The van der Waals surface area contributed by atoms with E-state index in [2.05, 4.69) is 19.9 Å². The van der Waals surface area contributed by atoms with Crippen molar-refractivity contribution in [2.75, 3.05) is 0 Å². The lowest BCUT2D eigenvalue weighted by Gasteiger charge is -1.67. The van der Waals surface area contributed by atoms with Crippen molar-refractivity contribution in [2.24, 2.45) is 0 Å². The number of nitrogens with zero attached hydrogens (tertiary/aromatic N) is 2. The summed E-state index contributed by atoms with van der Waals surface area (Å²) >= 11 is 0. The molecule has 0 aliphatic rings. The van der Waals surface area contributed by atoms with Crippen LogP contribution in [0, 0.1) is 13.8 Å². The van der Waals surface area contributed by atoms with Crippen LogP contribution in [0.15, 0.2) is 25.0 Å². The number of H-pyrrole nitrogens is 2. The molecule has 0 saturated carbocycles. The van der Waals surface area contributed by atoms with Crippen molar-refractivity contribution in [1.82, 2.24) is 19.9 Å². The first kappa shape index (κ1) is 11.4. The van der Waals surface area contributed by atoms with Crippen molar-refractivity contribution >= 4 is 0 Å². The Bertz CT molecular complexity index is 251. The summed E-state index contributed by atoms with van der Waals surface area (Å²) in [5, 5.41) is 0. The highest BCUT2D eigenvalue weighted by molar-refractivity contribution is 4.88. The highest BCUT2D eigenvalue weighted by Crippen LogP contribution is 1.81. The molecule has 4 nitrogen and oxygen atoms in total. The molecule has 0 aromatic carbocycles. The number of aromatic amines is 2. The second kappa shape index (κ2) is 5.99. The summed E-state index contributed by atoms with van der Waals surface area (Å²) in [5.74, 6) is 0. The third-order valence-corrected chi connectivity index (χ3v) is 1.27. The Morgan fingerprint density at radius 1 is 0.923 bits per heavy atom. The van der Waals surface area contributed by atoms with E-state index in [0.29, 0.717) is 0 Å². The summed E-state index contributed by atoms with van der Waals surface area (Å²) < 4.78 is 0. The van der Waals surface area contributed by atoms with Crippen molar-refractivity contribution in [2.45, 2.75) is 21.3 Å². The van der Waals surface area contributed by atoms with Crippen LogP contribution in [0.5, 0.6) is 0 Å². The highest BCUT2D eigenvalue weighted by atomic mass is 14.8. The molecule has 0 aliphatic carbocycles. The fourth-order valence-corrected chi connectivity index (χ4v) is 0.651. The van der Waals surface area contributed by atoms with E-state index in [0.717, 1.165) is 11.4 Å². The zero-order valence-electron chi connectivity index (χ0n) is 7.20. The zero-order valence-corrected chi connectivity index (χ0v) is 7.20.